The van der Waals surface area contributed by atoms with Gasteiger partial charge in [0.05, 0.1) is 24.5 Å². The molecular weight excluding hydrogens is 465 g/mol. The minimum Gasteiger partial charge on any atom is -0.386 e. The lowest BCUT2D eigenvalue weighted by atomic mass is 9.92. The first-order chi connectivity index (χ1) is 16.5. The number of carbonyl (C=O) groups is 1. The predicted molar refractivity (Wildman–Crippen MR) is 144 cm³/mol. The molecule has 0 unspecified atom stereocenters. The maximum absolute atomic E-state index is 13.7. The van der Waals surface area contributed by atoms with E-state index in [1.165, 1.54) is 6.07 Å². The monoisotopic (exact) mass is 505 g/mol. The Bertz CT molecular complexity index is 971. The van der Waals surface area contributed by atoms with Gasteiger partial charge < -0.3 is 20.1 Å². The number of anilines is 2. The van der Waals surface area contributed by atoms with Crippen molar-refractivity contribution in [2.75, 3.05) is 43.6 Å². The standard InChI is InChI=1S/C14H22N2O2S.C13H18FNO/c1-14(2,17)11-8-12(10-13(9-11)19-15-3)16-4-6-18-7-5-16;1-8(2)10-5-6-11(14)12(9(3)4)13(10)15-7-16/h8-10,15,17H,4-7H2,1-3H3;5-9H,1-4H3,(H,15,16). The van der Waals surface area contributed by atoms with Crippen LogP contribution in [0.1, 0.15) is 70.1 Å². The van der Waals surface area contributed by atoms with Crippen LogP contribution < -0.4 is 14.9 Å². The highest BCUT2D eigenvalue weighted by atomic mass is 32.2. The summed E-state index contributed by atoms with van der Waals surface area (Å²) >= 11 is 1.56. The average molecular weight is 506 g/mol. The largest absolute Gasteiger partial charge is 0.386 e. The highest BCUT2D eigenvalue weighted by Gasteiger charge is 2.20. The molecule has 1 amide bonds. The minimum atomic E-state index is -0.828. The van der Waals surface area contributed by atoms with Crippen molar-refractivity contribution >= 4 is 29.7 Å². The molecule has 1 aliphatic rings. The Hall–Kier alpha value is -2.13. The van der Waals surface area contributed by atoms with Crippen molar-refractivity contribution in [2.24, 2.45) is 0 Å². The molecule has 0 aliphatic carbocycles. The summed E-state index contributed by atoms with van der Waals surface area (Å²) in [7, 11) is 1.90. The van der Waals surface area contributed by atoms with E-state index >= 15 is 0 Å². The second-order valence-electron chi connectivity index (χ2n) is 9.68. The summed E-state index contributed by atoms with van der Waals surface area (Å²) in [5.74, 6) is 0.0328. The molecule has 35 heavy (non-hydrogen) atoms. The Morgan fingerprint density at radius 1 is 1.11 bits per heavy atom. The summed E-state index contributed by atoms with van der Waals surface area (Å²) in [6.45, 7) is 14.8. The molecule has 0 atom stereocenters. The van der Waals surface area contributed by atoms with Crippen molar-refractivity contribution in [1.82, 2.24) is 4.72 Å². The molecule has 3 N–H and O–H groups in total. The molecule has 194 valence electrons. The fourth-order valence-corrected chi connectivity index (χ4v) is 4.60. The van der Waals surface area contributed by atoms with Gasteiger partial charge in [-0.2, -0.15) is 0 Å². The van der Waals surface area contributed by atoms with Crippen LogP contribution in [0.5, 0.6) is 0 Å². The molecule has 0 radical (unpaired) electrons. The maximum atomic E-state index is 13.7. The lowest BCUT2D eigenvalue weighted by Gasteiger charge is -2.30. The molecular formula is C27H40FN3O3S. The van der Waals surface area contributed by atoms with Gasteiger partial charge in [0.2, 0.25) is 6.41 Å². The lowest BCUT2D eigenvalue weighted by Crippen LogP contribution is -2.36. The van der Waals surface area contributed by atoms with E-state index in [4.69, 9.17) is 4.74 Å². The van der Waals surface area contributed by atoms with Crippen molar-refractivity contribution in [2.45, 2.75) is 63.9 Å². The van der Waals surface area contributed by atoms with Crippen LogP contribution in [0.3, 0.4) is 0 Å². The molecule has 0 bridgehead atoms. The Kier molecular flexibility index (Phi) is 11.0. The first-order valence-electron chi connectivity index (χ1n) is 12.1. The predicted octanol–water partition coefficient (Wildman–Crippen LogP) is 5.62. The zero-order chi connectivity index (χ0) is 26.2. The van der Waals surface area contributed by atoms with E-state index < -0.39 is 5.60 Å². The van der Waals surface area contributed by atoms with E-state index in [0.717, 1.165) is 48.0 Å². The zero-order valence-electron chi connectivity index (χ0n) is 21.9. The molecule has 6 nitrogen and oxygen atoms in total. The van der Waals surface area contributed by atoms with Crippen molar-refractivity contribution in [3.8, 4) is 0 Å². The molecule has 1 saturated heterocycles. The van der Waals surface area contributed by atoms with Gasteiger partial charge in [0.15, 0.2) is 0 Å². The molecule has 2 aromatic carbocycles. The van der Waals surface area contributed by atoms with Gasteiger partial charge in [0.25, 0.3) is 0 Å². The SMILES string of the molecule is CC(C)c1ccc(F)c(C(C)C)c1NC=O.CNSc1cc(N2CCOCC2)cc(C(C)(C)O)c1. The van der Waals surface area contributed by atoms with Crippen LogP contribution in [0.15, 0.2) is 35.2 Å². The third-order valence-electron chi connectivity index (χ3n) is 5.82. The van der Waals surface area contributed by atoms with E-state index in [2.05, 4.69) is 27.1 Å². The lowest BCUT2D eigenvalue weighted by molar-refractivity contribution is -0.105. The van der Waals surface area contributed by atoms with Gasteiger partial charge >= 0.3 is 0 Å². The van der Waals surface area contributed by atoms with Crippen LogP contribution >= 0.6 is 11.9 Å². The first kappa shape index (κ1) is 29.1. The van der Waals surface area contributed by atoms with E-state index in [0.29, 0.717) is 17.7 Å². The van der Waals surface area contributed by atoms with Crippen LogP contribution in [0.4, 0.5) is 15.8 Å². The molecule has 0 aromatic heterocycles. The Morgan fingerprint density at radius 2 is 1.77 bits per heavy atom. The van der Waals surface area contributed by atoms with Crippen LogP contribution in [-0.4, -0.2) is 44.9 Å². The number of carbonyl (C=O) groups excluding carboxylic acids is 1. The van der Waals surface area contributed by atoms with Crippen molar-refractivity contribution in [1.29, 1.82) is 0 Å². The van der Waals surface area contributed by atoms with Gasteiger partial charge in [-0.3, -0.25) is 9.52 Å². The number of nitrogens with one attached hydrogen (secondary N) is 2. The van der Waals surface area contributed by atoms with Gasteiger partial charge in [-0.25, -0.2) is 4.39 Å². The number of hydrogen-bond donors (Lipinski definition) is 3. The maximum Gasteiger partial charge on any atom is 0.211 e. The summed E-state index contributed by atoms with van der Waals surface area (Å²) in [5.41, 5.74) is 3.44. The molecule has 2 aromatic rings. The smallest absolute Gasteiger partial charge is 0.211 e. The molecule has 1 aliphatic heterocycles. The van der Waals surface area contributed by atoms with Crippen molar-refractivity contribution in [3.05, 3.63) is 52.8 Å². The summed E-state index contributed by atoms with van der Waals surface area (Å²) < 4.78 is 22.2. The highest BCUT2D eigenvalue weighted by molar-refractivity contribution is 7.97. The van der Waals surface area contributed by atoms with Gasteiger partial charge in [-0.05, 0) is 80.1 Å². The van der Waals surface area contributed by atoms with Crippen LogP contribution in [-0.2, 0) is 15.1 Å². The number of benzene rings is 2. The Morgan fingerprint density at radius 3 is 2.29 bits per heavy atom. The van der Waals surface area contributed by atoms with Gasteiger partial charge in [0.1, 0.15) is 5.82 Å². The zero-order valence-corrected chi connectivity index (χ0v) is 22.8. The number of halogens is 1. The van der Waals surface area contributed by atoms with Crippen molar-refractivity contribution < 1.29 is 19.0 Å². The summed E-state index contributed by atoms with van der Waals surface area (Å²) in [6, 6.07) is 9.47. The number of amides is 1. The van der Waals surface area contributed by atoms with Crippen LogP contribution in [0.2, 0.25) is 0 Å². The fourth-order valence-electron chi connectivity index (χ4n) is 3.99. The Balaban J connectivity index is 0.000000251. The molecule has 8 heteroatoms. The molecule has 1 heterocycles. The van der Waals surface area contributed by atoms with Crippen LogP contribution in [0.25, 0.3) is 0 Å². The number of nitrogens with zero attached hydrogens (tertiary/aromatic N) is 1. The normalized spacial score (nSPS) is 14.1. The van der Waals surface area contributed by atoms with E-state index in [-0.39, 0.29) is 17.7 Å². The fraction of sp³-hybridized carbons (Fsp3) is 0.519. The summed E-state index contributed by atoms with van der Waals surface area (Å²) in [4.78, 5) is 14.0. The van der Waals surface area contributed by atoms with Crippen LogP contribution in [0, 0.1) is 5.82 Å². The Labute approximate surface area is 213 Å². The molecule has 0 saturated carbocycles. The quantitative estimate of drug-likeness (QED) is 0.320. The van der Waals surface area contributed by atoms with Gasteiger partial charge in [0, 0.05) is 29.2 Å². The van der Waals surface area contributed by atoms with Gasteiger partial charge in [-0.15, -0.1) is 0 Å². The van der Waals surface area contributed by atoms with Gasteiger partial charge in [-0.1, -0.05) is 33.8 Å². The third kappa shape index (κ3) is 8.20. The van der Waals surface area contributed by atoms with E-state index in [9.17, 15) is 14.3 Å². The number of morpholine rings is 1. The third-order valence-corrected chi connectivity index (χ3v) is 6.50. The molecule has 3 rings (SSSR count). The number of ether oxygens (including phenoxy) is 1. The summed E-state index contributed by atoms with van der Waals surface area (Å²) in [6.07, 6.45) is 0.604. The highest BCUT2D eigenvalue weighted by Crippen LogP contribution is 2.34. The number of rotatable bonds is 8. The molecule has 0 spiro atoms. The summed E-state index contributed by atoms with van der Waals surface area (Å²) in [5, 5.41) is 12.9. The average Bonchev–Trinajstić information content (AvgIpc) is 2.79. The van der Waals surface area contributed by atoms with E-state index in [1.807, 2.05) is 54.7 Å². The second-order valence-corrected chi connectivity index (χ2v) is 10.8. The number of hydrogen-bond acceptors (Lipinski definition) is 6. The number of aliphatic hydroxyl groups is 1. The second kappa shape index (κ2) is 13.3. The first-order valence-corrected chi connectivity index (χ1v) is 12.9. The topological polar surface area (TPSA) is 73.8 Å². The van der Waals surface area contributed by atoms with E-state index in [1.54, 1.807) is 18.0 Å². The minimum absolute atomic E-state index is 0.0427. The molecule has 1 fully saturated rings. The van der Waals surface area contributed by atoms with Crippen molar-refractivity contribution in [3.63, 3.8) is 0 Å².